The van der Waals surface area contributed by atoms with Crippen LogP contribution >= 0.6 is 0 Å². The molecule has 110 valence electrons. The first-order valence-corrected chi connectivity index (χ1v) is 8.37. The Labute approximate surface area is 118 Å². The Balaban J connectivity index is 1.42. The lowest BCUT2D eigenvalue weighted by Gasteiger charge is -2.41. The maximum atomic E-state index is 5.74. The molecule has 3 aliphatic rings. The van der Waals surface area contributed by atoms with E-state index < -0.39 is 0 Å². The minimum atomic E-state index is 0.496. The van der Waals surface area contributed by atoms with Gasteiger partial charge in [0.25, 0.3) is 0 Å². The third-order valence-electron chi connectivity index (χ3n) is 5.32. The highest BCUT2D eigenvalue weighted by atomic mass is 16.5. The summed E-state index contributed by atoms with van der Waals surface area (Å²) in [6, 6.07) is 1.54. The van der Waals surface area contributed by atoms with Crippen LogP contribution in [0, 0.1) is 5.92 Å². The molecule has 2 saturated heterocycles. The van der Waals surface area contributed by atoms with E-state index >= 15 is 0 Å². The molecule has 2 heterocycles. The van der Waals surface area contributed by atoms with Crippen molar-refractivity contribution in [3.8, 4) is 0 Å². The molecule has 1 N–H and O–H groups in total. The summed E-state index contributed by atoms with van der Waals surface area (Å²) < 4.78 is 5.74. The summed E-state index contributed by atoms with van der Waals surface area (Å²) in [5, 5.41) is 3.93. The zero-order valence-electron chi connectivity index (χ0n) is 12.4. The Morgan fingerprint density at radius 1 is 1.00 bits per heavy atom. The summed E-state index contributed by atoms with van der Waals surface area (Å²) in [6.45, 7) is 3.29. The fraction of sp³-hybridized carbons (Fsp3) is 1.00. The van der Waals surface area contributed by atoms with Crippen LogP contribution in [-0.4, -0.2) is 49.8 Å². The molecule has 3 nitrogen and oxygen atoms in total. The highest BCUT2D eigenvalue weighted by molar-refractivity contribution is 4.90. The number of nitrogens with zero attached hydrogens (tertiary/aromatic N) is 1. The van der Waals surface area contributed by atoms with E-state index in [2.05, 4.69) is 17.3 Å². The third kappa shape index (κ3) is 3.71. The number of likely N-dealkylation sites (N-methyl/N-ethyl adjacent to an activating group) is 1. The molecule has 4 unspecified atom stereocenters. The van der Waals surface area contributed by atoms with Crippen molar-refractivity contribution in [2.75, 3.05) is 26.7 Å². The normalized spacial score (nSPS) is 39.5. The predicted octanol–water partition coefficient (Wildman–Crippen LogP) is 2.41. The van der Waals surface area contributed by atoms with Gasteiger partial charge in [-0.15, -0.1) is 0 Å². The van der Waals surface area contributed by atoms with E-state index in [1.54, 1.807) is 0 Å². The first-order chi connectivity index (χ1) is 9.31. The van der Waals surface area contributed by atoms with Crippen molar-refractivity contribution in [1.82, 2.24) is 10.2 Å². The molecule has 3 fully saturated rings. The molecule has 3 heteroatoms. The lowest BCUT2D eigenvalue weighted by atomic mass is 9.78. The molecule has 0 bridgehead atoms. The van der Waals surface area contributed by atoms with E-state index in [1.165, 1.54) is 57.9 Å². The van der Waals surface area contributed by atoms with Crippen LogP contribution in [0.1, 0.15) is 51.4 Å². The lowest BCUT2D eigenvalue weighted by molar-refractivity contribution is 0.0727. The van der Waals surface area contributed by atoms with Gasteiger partial charge in [-0.1, -0.05) is 12.8 Å². The largest absolute Gasteiger partial charge is 0.377 e. The van der Waals surface area contributed by atoms with Crippen LogP contribution in [0.3, 0.4) is 0 Å². The van der Waals surface area contributed by atoms with Gasteiger partial charge in [0.05, 0.1) is 6.10 Å². The van der Waals surface area contributed by atoms with Gasteiger partial charge in [0.2, 0.25) is 0 Å². The minimum Gasteiger partial charge on any atom is -0.377 e. The van der Waals surface area contributed by atoms with E-state index in [-0.39, 0.29) is 0 Å². The summed E-state index contributed by atoms with van der Waals surface area (Å²) in [5.41, 5.74) is 0. The van der Waals surface area contributed by atoms with Crippen molar-refractivity contribution < 1.29 is 4.74 Å². The third-order valence-corrected chi connectivity index (χ3v) is 5.32. The van der Waals surface area contributed by atoms with E-state index in [9.17, 15) is 0 Å². The van der Waals surface area contributed by atoms with Gasteiger partial charge in [-0.3, -0.25) is 0 Å². The van der Waals surface area contributed by atoms with Crippen LogP contribution < -0.4 is 5.32 Å². The van der Waals surface area contributed by atoms with Crippen molar-refractivity contribution >= 4 is 0 Å². The smallest absolute Gasteiger partial charge is 0.0702 e. The molecular formula is C16H30N2O. The van der Waals surface area contributed by atoms with Gasteiger partial charge in [-0.2, -0.15) is 0 Å². The molecule has 0 aromatic heterocycles. The second-order valence-electron chi connectivity index (χ2n) is 6.95. The molecule has 19 heavy (non-hydrogen) atoms. The monoisotopic (exact) mass is 266 g/mol. The molecule has 0 spiro atoms. The summed E-state index contributed by atoms with van der Waals surface area (Å²) in [4.78, 5) is 2.48. The predicted molar refractivity (Wildman–Crippen MR) is 78.4 cm³/mol. The van der Waals surface area contributed by atoms with Crippen LogP contribution in [0.15, 0.2) is 0 Å². The second-order valence-corrected chi connectivity index (χ2v) is 6.95. The number of rotatable bonds is 4. The van der Waals surface area contributed by atoms with Gasteiger partial charge in [0.1, 0.15) is 0 Å². The Hall–Kier alpha value is -0.120. The quantitative estimate of drug-likeness (QED) is 0.845. The van der Waals surface area contributed by atoms with Crippen LogP contribution in [0.2, 0.25) is 0 Å². The lowest BCUT2D eigenvalue weighted by Crippen LogP contribution is -2.53. The van der Waals surface area contributed by atoms with Gasteiger partial charge in [0.15, 0.2) is 0 Å². The fourth-order valence-electron chi connectivity index (χ4n) is 4.30. The van der Waals surface area contributed by atoms with Crippen molar-refractivity contribution in [3.05, 3.63) is 0 Å². The molecule has 0 aromatic rings. The summed E-state index contributed by atoms with van der Waals surface area (Å²) in [6.07, 6.45) is 11.6. The topological polar surface area (TPSA) is 24.5 Å². The van der Waals surface area contributed by atoms with E-state index in [1.807, 2.05) is 0 Å². The number of ether oxygens (including phenoxy) is 1. The standard InChI is InChI=1S/C16H30N2O/c1-18(12-15-6-4-10-19-15)11-14-9-8-13-5-2-3-7-16(13)17-14/h13-17H,2-12H2,1H3. The van der Waals surface area contributed by atoms with E-state index in [0.29, 0.717) is 12.1 Å². The van der Waals surface area contributed by atoms with Crippen LogP contribution in [0.25, 0.3) is 0 Å². The Kier molecular flexibility index (Phi) is 4.78. The molecule has 3 rings (SSSR count). The maximum absolute atomic E-state index is 5.74. The number of hydrogen-bond acceptors (Lipinski definition) is 3. The van der Waals surface area contributed by atoms with Gasteiger partial charge in [-0.05, 0) is 51.5 Å². The van der Waals surface area contributed by atoms with Crippen LogP contribution in [0.5, 0.6) is 0 Å². The van der Waals surface area contributed by atoms with Gasteiger partial charge < -0.3 is 15.0 Å². The number of fused-ring (bicyclic) bond motifs is 1. The van der Waals surface area contributed by atoms with Crippen LogP contribution in [0.4, 0.5) is 0 Å². The molecule has 2 aliphatic heterocycles. The molecule has 4 atom stereocenters. The molecule has 1 aliphatic carbocycles. The van der Waals surface area contributed by atoms with E-state index in [0.717, 1.165) is 25.1 Å². The average molecular weight is 266 g/mol. The highest BCUT2D eigenvalue weighted by Crippen LogP contribution is 2.32. The number of hydrogen-bond donors (Lipinski definition) is 1. The molecule has 0 aromatic carbocycles. The molecule has 1 saturated carbocycles. The van der Waals surface area contributed by atoms with Crippen LogP contribution in [-0.2, 0) is 4.74 Å². The maximum Gasteiger partial charge on any atom is 0.0702 e. The Bertz CT molecular complexity index is 278. The summed E-state index contributed by atoms with van der Waals surface area (Å²) >= 11 is 0. The Morgan fingerprint density at radius 3 is 2.74 bits per heavy atom. The van der Waals surface area contributed by atoms with E-state index in [4.69, 9.17) is 4.74 Å². The number of piperidine rings is 1. The fourth-order valence-corrected chi connectivity index (χ4v) is 4.30. The van der Waals surface area contributed by atoms with Gasteiger partial charge >= 0.3 is 0 Å². The first kappa shape index (κ1) is 13.8. The summed E-state index contributed by atoms with van der Waals surface area (Å²) in [7, 11) is 2.26. The molecular weight excluding hydrogens is 236 g/mol. The first-order valence-electron chi connectivity index (χ1n) is 8.37. The molecule has 0 amide bonds. The summed E-state index contributed by atoms with van der Waals surface area (Å²) in [5.74, 6) is 0.980. The van der Waals surface area contributed by atoms with Crippen molar-refractivity contribution in [1.29, 1.82) is 0 Å². The zero-order valence-corrected chi connectivity index (χ0v) is 12.4. The minimum absolute atomic E-state index is 0.496. The SMILES string of the molecule is CN(CC1CCC2CCCCC2N1)CC1CCCO1. The van der Waals surface area contributed by atoms with Crippen molar-refractivity contribution in [2.45, 2.75) is 69.6 Å². The number of nitrogens with one attached hydrogen (secondary N) is 1. The van der Waals surface area contributed by atoms with Gasteiger partial charge in [0, 0.05) is 31.8 Å². The average Bonchev–Trinajstić information content (AvgIpc) is 2.91. The second kappa shape index (κ2) is 6.55. The van der Waals surface area contributed by atoms with Crippen molar-refractivity contribution in [3.63, 3.8) is 0 Å². The van der Waals surface area contributed by atoms with Gasteiger partial charge in [-0.25, -0.2) is 0 Å². The van der Waals surface area contributed by atoms with Crippen molar-refractivity contribution in [2.24, 2.45) is 5.92 Å². The highest BCUT2D eigenvalue weighted by Gasteiger charge is 2.32. The zero-order chi connectivity index (χ0) is 13.1. The molecule has 0 radical (unpaired) electrons. The Morgan fingerprint density at radius 2 is 1.89 bits per heavy atom.